The van der Waals surface area contributed by atoms with Gasteiger partial charge in [-0.3, -0.25) is 0 Å². The van der Waals surface area contributed by atoms with Crippen molar-refractivity contribution in [2.75, 3.05) is 19.7 Å². The van der Waals surface area contributed by atoms with E-state index in [1.54, 1.807) is 6.08 Å². The minimum absolute atomic E-state index is 0.0189. The molecule has 74 valence electrons. The Labute approximate surface area is 77.9 Å². The first-order chi connectivity index (χ1) is 6.20. The zero-order chi connectivity index (χ0) is 10.1. The smallest absolute Gasteiger partial charge is 0.330 e. The van der Waals surface area contributed by atoms with E-state index in [1.165, 1.54) is 0 Å². The van der Waals surface area contributed by atoms with Gasteiger partial charge in [-0.2, -0.15) is 0 Å². The van der Waals surface area contributed by atoms with E-state index in [9.17, 15) is 9.90 Å². The van der Waals surface area contributed by atoms with Crippen LogP contribution < -0.4 is 5.32 Å². The Morgan fingerprint density at radius 1 is 1.62 bits per heavy atom. The highest BCUT2D eigenvalue weighted by atomic mass is 16.5. The Balaban J connectivity index is 3.39. The Kier molecular flexibility index (Phi) is 6.86. The van der Waals surface area contributed by atoms with Crippen molar-refractivity contribution in [3.05, 3.63) is 25.3 Å². The SMILES string of the molecule is C=CCNCC(O)COC(=O)C=C. The molecule has 0 amide bonds. The van der Waals surface area contributed by atoms with Crippen LogP contribution in [0.15, 0.2) is 25.3 Å². The number of rotatable bonds is 7. The Hall–Kier alpha value is -1.13. The third kappa shape index (κ3) is 7.24. The van der Waals surface area contributed by atoms with Crippen LogP contribution in [0, 0.1) is 0 Å². The lowest BCUT2D eigenvalue weighted by Crippen LogP contribution is -2.31. The van der Waals surface area contributed by atoms with Crippen molar-refractivity contribution in [1.29, 1.82) is 0 Å². The molecule has 0 rings (SSSR count). The predicted molar refractivity (Wildman–Crippen MR) is 50.2 cm³/mol. The summed E-state index contributed by atoms with van der Waals surface area (Å²) >= 11 is 0. The number of aliphatic hydroxyl groups is 1. The number of hydrogen-bond donors (Lipinski definition) is 2. The maximum absolute atomic E-state index is 10.6. The predicted octanol–water partition coefficient (Wildman–Crippen LogP) is -0.148. The molecule has 0 radical (unpaired) electrons. The monoisotopic (exact) mass is 185 g/mol. The summed E-state index contributed by atoms with van der Waals surface area (Å²) in [5.41, 5.74) is 0. The fourth-order valence-corrected chi connectivity index (χ4v) is 0.648. The molecule has 0 bridgehead atoms. The van der Waals surface area contributed by atoms with Crippen LogP contribution in [0.2, 0.25) is 0 Å². The molecule has 0 fully saturated rings. The summed E-state index contributed by atoms with van der Waals surface area (Å²) in [5.74, 6) is -0.525. The zero-order valence-electron chi connectivity index (χ0n) is 7.53. The highest BCUT2D eigenvalue weighted by molar-refractivity contribution is 5.81. The van der Waals surface area contributed by atoms with E-state index in [0.29, 0.717) is 13.1 Å². The fraction of sp³-hybridized carbons (Fsp3) is 0.444. The number of nitrogens with one attached hydrogen (secondary N) is 1. The van der Waals surface area contributed by atoms with Gasteiger partial charge in [0.2, 0.25) is 0 Å². The molecule has 0 saturated carbocycles. The molecular formula is C9H15NO3. The van der Waals surface area contributed by atoms with Crippen molar-refractivity contribution in [1.82, 2.24) is 5.32 Å². The third-order valence-corrected chi connectivity index (χ3v) is 1.25. The van der Waals surface area contributed by atoms with Gasteiger partial charge in [-0.15, -0.1) is 6.58 Å². The maximum Gasteiger partial charge on any atom is 0.330 e. The maximum atomic E-state index is 10.6. The second-order valence-corrected chi connectivity index (χ2v) is 2.43. The van der Waals surface area contributed by atoms with Gasteiger partial charge in [-0.25, -0.2) is 4.79 Å². The van der Waals surface area contributed by atoms with Crippen LogP contribution >= 0.6 is 0 Å². The van der Waals surface area contributed by atoms with Crippen molar-refractivity contribution in [3.8, 4) is 0 Å². The average molecular weight is 185 g/mol. The van der Waals surface area contributed by atoms with Crippen LogP contribution in [0.3, 0.4) is 0 Å². The van der Waals surface area contributed by atoms with E-state index in [-0.39, 0.29) is 6.61 Å². The van der Waals surface area contributed by atoms with Crippen molar-refractivity contribution in [3.63, 3.8) is 0 Å². The number of aliphatic hydroxyl groups excluding tert-OH is 1. The van der Waals surface area contributed by atoms with Crippen LogP contribution in [0.1, 0.15) is 0 Å². The molecule has 4 heteroatoms. The first-order valence-corrected chi connectivity index (χ1v) is 3.99. The van der Waals surface area contributed by atoms with Crippen molar-refractivity contribution < 1.29 is 14.6 Å². The highest BCUT2D eigenvalue weighted by Gasteiger charge is 2.04. The van der Waals surface area contributed by atoms with E-state index in [0.717, 1.165) is 6.08 Å². The Morgan fingerprint density at radius 3 is 2.85 bits per heavy atom. The van der Waals surface area contributed by atoms with Crippen LogP contribution in [-0.2, 0) is 9.53 Å². The van der Waals surface area contributed by atoms with Gasteiger partial charge in [-0.1, -0.05) is 12.7 Å². The standard InChI is InChI=1S/C9H15NO3/c1-3-5-10-6-8(11)7-13-9(12)4-2/h3-4,8,10-11H,1-2,5-7H2. The number of carbonyl (C=O) groups excluding carboxylic acids is 1. The summed E-state index contributed by atoms with van der Waals surface area (Å²) in [5, 5.41) is 12.1. The van der Waals surface area contributed by atoms with Crippen LogP contribution in [0.5, 0.6) is 0 Å². The topological polar surface area (TPSA) is 58.6 Å². The molecule has 0 aliphatic heterocycles. The summed E-state index contributed by atoms with van der Waals surface area (Å²) in [6, 6.07) is 0. The molecule has 0 saturated heterocycles. The molecule has 13 heavy (non-hydrogen) atoms. The number of carbonyl (C=O) groups is 1. The molecule has 0 aromatic rings. The molecule has 0 spiro atoms. The van der Waals surface area contributed by atoms with E-state index < -0.39 is 12.1 Å². The van der Waals surface area contributed by atoms with Gasteiger partial charge < -0.3 is 15.2 Å². The molecule has 1 atom stereocenters. The lowest BCUT2D eigenvalue weighted by molar-refractivity contribution is -0.140. The Bertz CT molecular complexity index is 180. The van der Waals surface area contributed by atoms with Gasteiger partial charge >= 0.3 is 5.97 Å². The summed E-state index contributed by atoms with van der Waals surface area (Å²) in [4.78, 5) is 10.6. The highest BCUT2D eigenvalue weighted by Crippen LogP contribution is 1.85. The van der Waals surface area contributed by atoms with E-state index in [1.807, 2.05) is 0 Å². The van der Waals surface area contributed by atoms with Gasteiger partial charge in [0.05, 0.1) is 0 Å². The fourth-order valence-electron chi connectivity index (χ4n) is 0.648. The number of hydrogen-bond acceptors (Lipinski definition) is 4. The molecule has 2 N–H and O–H groups in total. The quantitative estimate of drug-likeness (QED) is 0.251. The minimum Gasteiger partial charge on any atom is -0.460 e. The molecule has 0 aliphatic rings. The molecule has 0 aliphatic carbocycles. The van der Waals surface area contributed by atoms with Crippen molar-refractivity contribution in [2.24, 2.45) is 0 Å². The van der Waals surface area contributed by atoms with Crippen LogP contribution in [-0.4, -0.2) is 36.9 Å². The summed E-state index contributed by atoms with van der Waals surface area (Å²) in [6.07, 6.45) is 2.05. The molecule has 0 aromatic carbocycles. The van der Waals surface area contributed by atoms with Gasteiger partial charge in [0.1, 0.15) is 12.7 Å². The Morgan fingerprint density at radius 2 is 2.31 bits per heavy atom. The van der Waals surface area contributed by atoms with Crippen LogP contribution in [0.25, 0.3) is 0 Å². The largest absolute Gasteiger partial charge is 0.460 e. The van der Waals surface area contributed by atoms with Crippen molar-refractivity contribution in [2.45, 2.75) is 6.10 Å². The van der Waals surface area contributed by atoms with Crippen molar-refractivity contribution >= 4 is 5.97 Å². The molecular weight excluding hydrogens is 170 g/mol. The zero-order valence-corrected chi connectivity index (χ0v) is 7.53. The second-order valence-electron chi connectivity index (χ2n) is 2.43. The first kappa shape index (κ1) is 11.9. The summed E-state index contributed by atoms with van der Waals surface area (Å²) in [6.45, 7) is 7.70. The lowest BCUT2D eigenvalue weighted by atomic mass is 10.4. The van der Waals surface area contributed by atoms with Gasteiger partial charge in [-0.05, 0) is 0 Å². The third-order valence-electron chi connectivity index (χ3n) is 1.25. The molecule has 4 nitrogen and oxygen atoms in total. The summed E-state index contributed by atoms with van der Waals surface area (Å²) < 4.78 is 4.61. The van der Waals surface area contributed by atoms with Gasteiger partial charge in [0, 0.05) is 19.2 Å². The van der Waals surface area contributed by atoms with Crippen LogP contribution in [0.4, 0.5) is 0 Å². The van der Waals surface area contributed by atoms with Gasteiger partial charge in [0.25, 0.3) is 0 Å². The number of esters is 1. The van der Waals surface area contributed by atoms with E-state index >= 15 is 0 Å². The molecule has 0 heterocycles. The number of ether oxygens (including phenoxy) is 1. The normalized spacial score (nSPS) is 11.8. The van der Waals surface area contributed by atoms with Gasteiger partial charge in [0.15, 0.2) is 0 Å². The lowest BCUT2D eigenvalue weighted by Gasteiger charge is -2.10. The molecule has 0 aromatic heterocycles. The minimum atomic E-state index is -0.691. The molecule has 1 unspecified atom stereocenters. The summed E-state index contributed by atoms with van der Waals surface area (Å²) in [7, 11) is 0. The second kappa shape index (κ2) is 7.52. The average Bonchev–Trinajstić information content (AvgIpc) is 2.14. The first-order valence-electron chi connectivity index (χ1n) is 3.99. The van der Waals surface area contributed by atoms with E-state index in [4.69, 9.17) is 0 Å². The van der Waals surface area contributed by atoms with E-state index in [2.05, 4.69) is 23.2 Å².